The monoisotopic (exact) mass is 364 g/mol. The number of aliphatic hydroxyl groups is 1. The summed E-state index contributed by atoms with van der Waals surface area (Å²) in [6.07, 6.45) is 1.37. The van der Waals surface area contributed by atoms with Gasteiger partial charge in [0.1, 0.15) is 0 Å². The molecule has 1 aliphatic heterocycles. The lowest BCUT2D eigenvalue weighted by molar-refractivity contribution is -0.136. The summed E-state index contributed by atoms with van der Waals surface area (Å²) in [5.74, 6) is -0.0486. The fourth-order valence-electron chi connectivity index (χ4n) is 3.23. The van der Waals surface area contributed by atoms with E-state index in [-0.39, 0.29) is 31.5 Å². The predicted octanol–water partition coefficient (Wildman–Crippen LogP) is 1.60. The van der Waals surface area contributed by atoms with Gasteiger partial charge >= 0.3 is 6.09 Å². The van der Waals surface area contributed by atoms with E-state index in [4.69, 9.17) is 9.84 Å². The number of aliphatic hydroxyl groups excluding tert-OH is 1. The van der Waals surface area contributed by atoms with Gasteiger partial charge in [0.25, 0.3) is 0 Å². The third-order valence-electron chi connectivity index (χ3n) is 4.68. The lowest BCUT2D eigenvalue weighted by Gasteiger charge is -2.37. The Kier molecular flexibility index (Phi) is 8.37. The maximum atomic E-state index is 12.5. The molecule has 0 radical (unpaired) electrons. The van der Waals surface area contributed by atoms with Crippen LogP contribution in [0.2, 0.25) is 0 Å². The summed E-state index contributed by atoms with van der Waals surface area (Å²) in [7, 11) is 0. The second-order valence-corrected chi connectivity index (χ2v) is 6.41. The van der Waals surface area contributed by atoms with Gasteiger partial charge in [0.15, 0.2) is 0 Å². The largest absolute Gasteiger partial charge is 0.465 e. The summed E-state index contributed by atoms with van der Waals surface area (Å²) >= 11 is 0. The molecule has 1 saturated heterocycles. The Bertz CT molecular complexity index is 558. The number of hydrogen-bond acceptors (Lipinski definition) is 4. The first kappa shape index (κ1) is 20.2. The number of likely N-dealkylation sites (tertiary alicyclic amines) is 1. The average molecular weight is 364 g/mol. The highest BCUT2D eigenvalue weighted by Gasteiger charge is 2.28. The van der Waals surface area contributed by atoms with Crippen molar-refractivity contribution in [2.45, 2.75) is 31.7 Å². The molecule has 144 valence electrons. The maximum Gasteiger partial charge on any atom is 0.407 e. The van der Waals surface area contributed by atoms with E-state index in [1.807, 2.05) is 30.3 Å². The molecule has 0 unspecified atom stereocenters. The Morgan fingerprint density at radius 2 is 1.85 bits per heavy atom. The number of carbonyl (C=O) groups excluding carboxylic acids is 1. The van der Waals surface area contributed by atoms with Gasteiger partial charge in [-0.2, -0.15) is 0 Å². The zero-order valence-electron chi connectivity index (χ0n) is 15.0. The first-order valence-corrected chi connectivity index (χ1v) is 9.11. The number of hydrogen-bond donors (Lipinski definition) is 2. The van der Waals surface area contributed by atoms with Crippen LogP contribution in [0.25, 0.3) is 0 Å². The molecule has 1 heterocycles. The maximum absolute atomic E-state index is 12.5. The van der Waals surface area contributed by atoms with Gasteiger partial charge in [0.05, 0.1) is 26.2 Å². The molecular weight excluding hydrogens is 336 g/mol. The second kappa shape index (κ2) is 10.8. The van der Waals surface area contributed by atoms with E-state index in [2.05, 4.69) is 0 Å². The zero-order chi connectivity index (χ0) is 18.8. The van der Waals surface area contributed by atoms with Crippen molar-refractivity contribution in [3.8, 4) is 0 Å². The Morgan fingerprint density at radius 3 is 2.46 bits per heavy atom. The van der Waals surface area contributed by atoms with Crippen molar-refractivity contribution in [1.82, 2.24) is 9.80 Å². The summed E-state index contributed by atoms with van der Waals surface area (Å²) in [4.78, 5) is 26.5. The molecule has 1 fully saturated rings. The number of carboxylic acid groups (broad SMARTS) is 1. The molecule has 2 rings (SSSR count). The predicted molar refractivity (Wildman–Crippen MR) is 97.0 cm³/mol. The fourth-order valence-corrected chi connectivity index (χ4v) is 3.23. The number of rotatable bonds is 9. The van der Waals surface area contributed by atoms with E-state index in [0.29, 0.717) is 39.1 Å². The summed E-state index contributed by atoms with van der Waals surface area (Å²) in [5, 5.41) is 18.3. The highest BCUT2D eigenvalue weighted by atomic mass is 16.5. The summed E-state index contributed by atoms with van der Waals surface area (Å²) in [6.45, 7) is 1.93. The molecule has 0 saturated carbocycles. The number of piperidine rings is 1. The van der Waals surface area contributed by atoms with Crippen LogP contribution in [0.1, 0.15) is 24.8 Å². The van der Waals surface area contributed by atoms with E-state index in [0.717, 1.165) is 6.42 Å². The highest BCUT2D eigenvalue weighted by Crippen LogP contribution is 2.17. The molecular formula is C19H28N2O5. The van der Waals surface area contributed by atoms with Crippen molar-refractivity contribution < 1.29 is 24.5 Å². The molecule has 7 heteroatoms. The Labute approximate surface area is 154 Å². The smallest absolute Gasteiger partial charge is 0.407 e. The third kappa shape index (κ3) is 6.31. The van der Waals surface area contributed by atoms with E-state index in [9.17, 15) is 14.7 Å². The van der Waals surface area contributed by atoms with E-state index < -0.39 is 6.09 Å². The van der Waals surface area contributed by atoms with Crippen LogP contribution < -0.4 is 0 Å². The van der Waals surface area contributed by atoms with Gasteiger partial charge in [-0.1, -0.05) is 30.3 Å². The van der Waals surface area contributed by atoms with Gasteiger partial charge < -0.3 is 24.7 Å². The first-order chi connectivity index (χ1) is 12.6. The van der Waals surface area contributed by atoms with Crippen molar-refractivity contribution >= 4 is 12.0 Å². The van der Waals surface area contributed by atoms with E-state index >= 15 is 0 Å². The summed E-state index contributed by atoms with van der Waals surface area (Å²) in [6, 6.07) is 10.0. The number of ether oxygens (including phenoxy) is 1. The van der Waals surface area contributed by atoms with Crippen LogP contribution in [0, 0.1) is 0 Å². The van der Waals surface area contributed by atoms with Gasteiger partial charge in [-0.3, -0.25) is 4.79 Å². The molecule has 1 aliphatic rings. The van der Waals surface area contributed by atoms with E-state index in [1.165, 1.54) is 10.5 Å². The molecule has 0 spiro atoms. The molecule has 7 nitrogen and oxygen atoms in total. The van der Waals surface area contributed by atoms with Crippen molar-refractivity contribution in [2.75, 3.05) is 39.5 Å². The Balaban J connectivity index is 1.71. The SMILES string of the molecule is O=C(O)N1CCC(N(CCO)C(=O)CCOCCc2ccccc2)CC1. The number of nitrogens with zero attached hydrogens (tertiary/aromatic N) is 2. The van der Waals surface area contributed by atoms with Crippen LogP contribution >= 0.6 is 0 Å². The Morgan fingerprint density at radius 1 is 1.15 bits per heavy atom. The minimum atomic E-state index is -0.921. The molecule has 2 amide bonds. The van der Waals surface area contributed by atoms with Crippen LogP contribution in [-0.4, -0.2) is 77.5 Å². The molecule has 1 aromatic rings. The summed E-state index contributed by atoms with van der Waals surface area (Å²) in [5.41, 5.74) is 1.20. The van der Waals surface area contributed by atoms with E-state index in [1.54, 1.807) is 4.90 Å². The zero-order valence-corrected chi connectivity index (χ0v) is 15.0. The normalized spacial score (nSPS) is 15.0. The van der Waals surface area contributed by atoms with Crippen LogP contribution in [-0.2, 0) is 16.0 Å². The molecule has 0 atom stereocenters. The molecule has 26 heavy (non-hydrogen) atoms. The van der Waals surface area contributed by atoms with Crippen LogP contribution in [0.15, 0.2) is 30.3 Å². The quantitative estimate of drug-likeness (QED) is 0.650. The van der Waals surface area contributed by atoms with Crippen molar-refractivity contribution in [2.24, 2.45) is 0 Å². The molecule has 2 N–H and O–H groups in total. The molecule has 0 bridgehead atoms. The number of benzene rings is 1. The van der Waals surface area contributed by atoms with Crippen LogP contribution in [0.4, 0.5) is 4.79 Å². The van der Waals surface area contributed by atoms with Crippen LogP contribution in [0.3, 0.4) is 0 Å². The van der Waals surface area contributed by atoms with Crippen molar-refractivity contribution in [3.05, 3.63) is 35.9 Å². The van der Waals surface area contributed by atoms with Crippen LogP contribution in [0.5, 0.6) is 0 Å². The summed E-state index contributed by atoms with van der Waals surface area (Å²) < 4.78 is 5.58. The second-order valence-electron chi connectivity index (χ2n) is 6.41. The lowest BCUT2D eigenvalue weighted by Crippen LogP contribution is -2.49. The topological polar surface area (TPSA) is 90.3 Å². The van der Waals surface area contributed by atoms with Crippen molar-refractivity contribution in [3.63, 3.8) is 0 Å². The van der Waals surface area contributed by atoms with Crippen molar-refractivity contribution in [1.29, 1.82) is 0 Å². The minimum Gasteiger partial charge on any atom is -0.465 e. The Hall–Kier alpha value is -2.12. The third-order valence-corrected chi connectivity index (χ3v) is 4.68. The number of amides is 2. The average Bonchev–Trinajstić information content (AvgIpc) is 2.66. The van der Waals surface area contributed by atoms with Gasteiger partial charge in [0.2, 0.25) is 5.91 Å². The van der Waals surface area contributed by atoms with Gasteiger partial charge in [0, 0.05) is 25.7 Å². The minimum absolute atomic E-state index is 0.0189. The standard InChI is InChI=1S/C19H28N2O5/c22-13-12-21(17-6-10-20(11-7-17)19(24)25)18(23)9-15-26-14-8-16-4-2-1-3-5-16/h1-5,17,22H,6-15H2,(H,24,25). The first-order valence-electron chi connectivity index (χ1n) is 9.11. The molecule has 0 aliphatic carbocycles. The van der Waals surface area contributed by atoms with Gasteiger partial charge in [-0.25, -0.2) is 4.79 Å². The van der Waals surface area contributed by atoms with Gasteiger partial charge in [-0.05, 0) is 24.8 Å². The number of carbonyl (C=O) groups is 2. The molecule has 1 aromatic carbocycles. The highest BCUT2D eigenvalue weighted by molar-refractivity contribution is 5.76. The van der Waals surface area contributed by atoms with Gasteiger partial charge in [-0.15, -0.1) is 0 Å². The molecule has 0 aromatic heterocycles. The lowest BCUT2D eigenvalue weighted by atomic mass is 10.0. The fraction of sp³-hybridized carbons (Fsp3) is 0.579.